The van der Waals surface area contributed by atoms with Gasteiger partial charge in [-0.3, -0.25) is 4.79 Å². The van der Waals surface area contributed by atoms with Crippen molar-refractivity contribution in [1.82, 2.24) is 10.6 Å². The summed E-state index contributed by atoms with van der Waals surface area (Å²) < 4.78 is 0. The van der Waals surface area contributed by atoms with E-state index in [1.807, 2.05) is 7.05 Å². The van der Waals surface area contributed by atoms with Crippen molar-refractivity contribution in [1.29, 1.82) is 0 Å². The molecule has 0 aromatic heterocycles. The topological polar surface area (TPSA) is 44.4 Å². The minimum Gasteiger partial charge on any atom is -0.370 e. The number of likely N-dealkylation sites (N-methyl/N-ethyl adjacent to an activating group) is 1. The summed E-state index contributed by atoms with van der Waals surface area (Å²) >= 11 is 0. The number of nitrogens with zero attached hydrogens (tertiary/aromatic N) is 1. The lowest BCUT2D eigenvalue weighted by atomic mass is 10.2. The Balaban J connectivity index is 0. The molecule has 1 aromatic rings. The van der Waals surface area contributed by atoms with Crippen LogP contribution in [0.5, 0.6) is 0 Å². The summed E-state index contributed by atoms with van der Waals surface area (Å²) in [6.07, 6.45) is 0.535. The summed E-state index contributed by atoms with van der Waals surface area (Å²) in [5.41, 5.74) is 2.47. The Morgan fingerprint density at radius 2 is 1.95 bits per heavy atom. The third-order valence-electron chi connectivity index (χ3n) is 3.05. The van der Waals surface area contributed by atoms with Crippen LogP contribution >= 0.6 is 24.8 Å². The quantitative estimate of drug-likeness (QED) is 0.766. The highest BCUT2D eigenvalue weighted by molar-refractivity contribution is 5.85. The maximum absolute atomic E-state index is 11.5. The molecule has 0 aliphatic rings. The number of amides is 1. The third-order valence-corrected chi connectivity index (χ3v) is 3.05. The van der Waals surface area contributed by atoms with Crippen LogP contribution in [0, 0.1) is 6.92 Å². The van der Waals surface area contributed by atoms with E-state index in [4.69, 9.17) is 0 Å². The molecule has 0 atom stereocenters. The second-order valence-corrected chi connectivity index (χ2v) is 4.62. The van der Waals surface area contributed by atoms with Crippen LogP contribution in [0.25, 0.3) is 0 Å². The van der Waals surface area contributed by atoms with E-state index in [0.29, 0.717) is 13.0 Å². The normalized spacial score (nSPS) is 9.29. The van der Waals surface area contributed by atoms with Gasteiger partial charge in [0.1, 0.15) is 0 Å². The molecule has 1 rings (SSSR count). The Kier molecular flexibility index (Phi) is 13.5. The molecule has 0 aliphatic carbocycles. The first-order chi connectivity index (χ1) is 9.17. The molecule has 0 unspecified atom stereocenters. The van der Waals surface area contributed by atoms with E-state index < -0.39 is 0 Å². The third kappa shape index (κ3) is 8.81. The Morgan fingerprint density at radius 1 is 1.24 bits per heavy atom. The number of halogens is 2. The van der Waals surface area contributed by atoms with Gasteiger partial charge in [0.05, 0.1) is 0 Å². The number of carbonyl (C=O) groups is 1. The minimum absolute atomic E-state index is 0. The average Bonchev–Trinajstić information content (AvgIpc) is 2.41. The summed E-state index contributed by atoms with van der Waals surface area (Å²) in [6.45, 7) is 7.41. The molecule has 1 amide bonds. The SMILES string of the molecule is CCN(CCNC(=O)CCNC)c1cccc(C)c1.Cl.Cl. The summed E-state index contributed by atoms with van der Waals surface area (Å²) in [5, 5.41) is 5.92. The van der Waals surface area contributed by atoms with E-state index in [2.05, 4.69) is 53.6 Å². The lowest BCUT2D eigenvalue weighted by Gasteiger charge is -2.23. The predicted molar refractivity (Wildman–Crippen MR) is 95.1 cm³/mol. The molecule has 0 spiro atoms. The fourth-order valence-electron chi connectivity index (χ4n) is 1.95. The fraction of sp³-hybridized carbons (Fsp3) is 0.533. The summed E-state index contributed by atoms with van der Waals surface area (Å²) in [4.78, 5) is 13.8. The Morgan fingerprint density at radius 3 is 2.52 bits per heavy atom. The smallest absolute Gasteiger partial charge is 0.221 e. The molecule has 21 heavy (non-hydrogen) atoms. The highest BCUT2D eigenvalue weighted by atomic mass is 35.5. The molecule has 0 radical (unpaired) electrons. The van der Waals surface area contributed by atoms with Crippen LogP contribution in [0.1, 0.15) is 18.9 Å². The van der Waals surface area contributed by atoms with Crippen molar-refractivity contribution in [2.75, 3.05) is 38.1 Å². The summed E-state index contributed by atoms with van der Waals surface area (Å²) in [5.74, 6) is 0.106. The number of benzene rings is 1. The molecule has 0 saturated carbocycles. The standard InChI is InChI=1S/C15H25N3O.2ClH/c1-4-18(14-7-5-6-13(2)12-14)11-10-17-15(19)8-9-16-3;;/h5-7,12,16H,4,8-11H2,1-3H3,(H,17,19);2*1H. The number of anilines is 1. The van der Waals surface area contributed by atoms with Gasteiger partial charge in [0.2, 0.25) is 5.91 Å². The second kappa shape index (κ2) is 12.7. The first-order valence-corrected chi connectivity index (χ1v) is 6.90. The van der Waals surface area contributed by atoms with Gasteiger partial charge in [0.15, 0.2) is 0 Å². The van der Waals surface area contributed by atoms with Crippen molar-refractivity contribution in [3.05, 3.63) is 29.8 Å². The van der Waals surface area contributed by atoms with Crippen LogP contribution in [0.15, 0.2) is 24.3 Å². The van der Waals surface area contributed by atoms with Gasteiger partial charge in [-0.1, -0.05) is 12.1 Å². The number of hydrogen-bond donors (Lipinski definition) is 2. The molecule has 6 heteroatoms. The van der Waals surface area contributed by atoms with Crippen molar-refractivity contribution in [3.8, 4) is 0 Å². The Bertz CT molecular complexity index is 402. The molecule has 0 bridgehead atoms. The zero-order chi connectivity index (χ0) is 14.1. The van der Waals surface area contributed by atoms with Gasteiger partial charge in [-0.15, -0.1) is 24.8 Å². The van der Waals surface area contributed by atoms with E-state index in [0.717, 1.165) is 19.6 Å². The molecular weight excluding hydrogens is 309 g/mol. The molecule has 0 heterocycles. The second-order valence-electron chi connectivity index (χ2n) is 4.62. The molecule has 1 aromatic carbocycles. The molecule has 0 fully saturated rings. The van der Waals surface area contributed by atoms with E-state index >= 15 is 0 Å². The zero-order valence-electron chi connectivity index (χ0n) is 13.0. The van der Waals surface area contributed by atoms with Gasteiger partial charge in [-0.2, -0.15) is 0 Å². The lowest BCUT2D eigenvalue weighted by molar-refractivity contribution is -0.120. The molecule has 0 aliphatic heterocycles. The van der Waals surface area contributed by atoms with Crippen LogP contribution in [0.3, 0.4) is 0 Å². The van der Waals surface area contributed by atoms with Crippen molar-refractivity contribution < 1.29 is 4.79 Å². The van der Waals surface area contributed by atoms with E-state index in [1.54, 1.807) is 0 Å². The van der Waals surface area contributed by atoms with Crippen LogP contribution in [0.2, 0.25) is 0 Å². The largest absolute Gasteiger partial charge is 0.370 e. The van der Waals surface area contributed by atoms with Gasteiger partial charge in [0, 0.05) is 38.3 Å². The first-order valence-electron chi connectivity index (χ1n) is 6.90. The number of aryl methyl sites for hydroxylation is 1. The van der Waals surface area contributed by atoms with Crippen molar-refractivity contribution in [2.45, 2.75) is 20.3 Å². The predicted octanol–water partition coefficient (Wildman–Crippen LogP) is 2.39. The molecule has 0 saturated heterocycles. The van der Waals surface area contributed by atoms with E-state index in [9.17, 15) is 4.79 Å². The Labute approximate surface area is 140 Å². The van der Waals surface area contributed by atoms with Crippen LogP contribution in [-0.4, -0.2) is 39.1 Å². The summed E-state index contributed by atoms with van der Waals surface area (Å²) in [6, 6.07) is 8.45. The maximum Gasteiger partial charge on any atom is 0.221 e. The highest BCUT2D eigenvalue weighted by Gasteiger charge is 2.05. The van der Waals surface area contributed by atoms with Crippen molar-refractivity contribution in [2.24, 2.45) is 0 Å². The number of carbonyl (C=O) groups excluding carboxylic acids is 1. The minimum atomic E-state index is 0. The number of hydrogen-bond acceptors (Lipinski definition) is 3. The van der Waals surface area contributed by atoms with Gasteiger partial charge < -0.3 is 15.5 Å². The monoisotopic (exact) mass is 335 g/mol. The van der Waals surface area contributed by atoms with Gasteiger partial charge >= 0.3 is 0 Å². The van der Waals surface area contributed by atoms with E-state index in [1.165, 1.54) is 11.3 Å². The lowest BCUT2D eigenvalue weighted by Crippen LogP contribution is -2.35. The first kappa shape index (κ1) is 22.3. The molecule has 4 nitrogen and oxygen atoms in total. The molecule has 122 valence electrons. The number of rotatable bonds is 8. The van der Waals surface area contributed by atoms with Crippen molar-refractivity contribution in [3.63, 3.8) is 0 Å². The average molecular weight is 336 g/mol. The Hall–Kier alpha value is -0.970. The van der Waals surface area contributed by atoms with Gasteiger partial charge in [-0.05, 0) is 38.6 Å². The van der Waals surface area contributed by atoms with Gasteiger partial charge in [-0.25, -0.2) is 0 Å². The zero-order valence-corrected chi connectivity index (χ0v) is 14.6. The highest BCUT2D eigenvalue weighted by Crippen LogP contribution is 2.14. The molecule has 2 N–H and O–H groups in total. The van der Waals surface area contributed by atoms with Gasteiger partial charge in [0.25, 0.3) is 0 Å². The number of nitrogens with one attached hydrogen (secondary N) is 2. The summed E-state index contributed by atoms with van der Waals surface area (Å²) in [7, 11) is 1.85. The molecular formula is C15H27Cl2N3O. The van der Waals surface area contributed by atoms with Crippen LogP contribution < -0.4 is 15.5 Å². The van der Waals surface area contributed by atoms with E-state index in [-0.39, 0.29) is 30.7 Å². The van der Waals surface area contributed by atoms with Crippen LogP contribution in [0.4, 0.5) is 5.69 Å². The van der Waals surface area contributed by atoms with Crippen LogP contribution in [-0.2, 0) is 4.79 Å². The maximum atomic E-state index is 11.5. The fourth-order valence-corrected chi connectivity index (χ4v) is 1.95. The van der Waals surface area contributed by atoms with Crippen molar-refractivity contribution >= 4 is 36.4 Å².